The third-order valence-corrected chi connectivity index (χ3v) is 7.51. The van der Waals surface area contributed by atoms with Gasteiger partial charge in [0.15, 0.2) is 0 Å². The summed E-state index contributed by atoms with van der Waals surface area (Å²) in [5, 5.41) is 3.89. The number of hydrogen-bond donors (Lipinski definition) is 2. The summed E-state index contributed by atoms with van der Waals surface area (Å²) in [6.07, 6.45) is 2.10. The number of nitrogens with two attached hydrogens (primary N) is 1. The van der Waals surface area contributed by atoms with Crippen molar-refractivity contribution in [2.45, 2.75) is 58.1 Å². The molecule has 1 aliphatic carbocycles. The minimum Gasteiger partial charge on any atom is -0.444 e. The zero-order valence-electron chi connectivity index (χ0n) is 22.9. The minimum atomic E-state index is -0.540. The number of nitrogens with one attached hydrogen (secondary N) is 1. The van der Waals surface area contributed by atoms with E-state index in [2.05, 4.69) is 34.2 Å². The number of primary amides is 1. The summed E-state index contributed by atoms with van der Waals surface area (Å²) in [5.74, 6) is -0.410. The number of nitrogens with zero attached hydrogens (tertiary/aromatic N) is 2. The Labute approximate surface area is 231 Å². The molecule has 0 saturated carbocycles. The van der Waals surface area contributed by atoms with Crippen molar-refractivity contribution in [2.75, 3.05) is 37.6 Å². The monoisotopic (exact) mass is 538 g/mol. The molecule has 2 aromatic rings. The van der Waals surface area contributed by atoms with Crippen molar-refractivity contribution in [3.05, 3.63) is 70.3 Å². The van der Waals surface area contributed by atoms with E-state index in [0.717, 1.165) is 62.7 Å². The smallest absolute Gasteiger partial charge is 0.408 e. The van der Waals surface area contributed by atoms with Crippen LogP contribution in [0.15, 0.2) is 54.1 Å². The molecule has 1 atom stereocenters. The fraction of sp³-hybridized carbons (Fsp3) is 0.467. The van der Waals surface area contributed by atoms with Gasteiger partial charge in [0.1, 0.15) is 5.60 Å². The van der Waals surface area contributed by atoms with Gasteiger partial charge in [0.05, 0.1) is 0 Å². The van der Waals surface area contributed by atoms with E-state index in [1.54, 1.807) is 12.1 Å². The first-order valence-corrected chi connectivity index (χ1v) is 13.6. The van der Waals surface area contributed by atoms with Gasteiger partial charge in [-0.05, 0) is 94.5 Å². The SMILES string of the molecule is CC1(NC(=O)OC(C)(C)C)CCC(c2ccc(Cl)cc2)=C(CN2CCN(c3ccc(C(N)=O)cc3)CC2)C1. The molecule has 0 bridgehead atoms. The number of benzene rings is 2. The van der Waals surface area contributed by atoms with Crippen molar-refractivity contribution < 1.29 is 14.3 Å². The Bertz CT molecular complexity index is 1180. The Morgan fingerprint density at radius 3 is 2.24 bits per heavy atom. The summed E-state index contributed by atoms with van der Waals surface area (Å²) < 4.78 is 5.57. The average Bonchev–Trinajstić information content (AvgIpc) is 2.84. The highest BCUT2D eigenvalue weighted by atomic mass is 35.5. The van der Waals surface area contributed by atoms with Gasteiger partial charge < -0.3 is 20.7 Å². The molecular weight excluding hydrogens is 500 g/mol. The van der Waals surface area contributed by atoms with Crippen LogP contribution in [0.2, 0.25) is 5.02 Å². The molecule has 3 N–H and O–H groups in total. The summed E-state index contributed by atoms with van der Waals surface area (Å²) >= 11 is 6.17. The standard InChI is InChI=1S/C30H39ClN4O3/c1-29(2,3)38-28(37)33-30(4)14-13-26(21-5-9-24(31)10-6-21)23(19-30)20-34-15-17-35(18-16-34)25-11-7-22(8-12-25)27(32)36/h5-12H,13-20H2,1-4H3,(H2,32,36)(H,33,37). The maximum atomic E-state index is 12.6. The highest BCUT2D eigenvalue weighted by molar-refractivity contribution is 6.30. The fourth-order valence-electron chi connectivity index (χ4n) is 5.32. The molecule has 4 rings (SSSR count). The van der Waals surface area contributed by atoms with Gasteiger partial charge in [-0.15, -0.1) is 0 Å². The number of piperazine rings is 1. The Kier molecular flexibility index (Phi) is 8.38. The maximum absolute atomic E-state index is 12.6. The number of anilines is 1. The maximum Gasteiger partial charge on any atom is 0.408 e. The van der Waals surface area contributed by atoms with Crippen LogP contribution in [-0.4, -0.2) is 60.8 Å². The first-order valence-electron chi connectivity index (χ1n) is 13.3. The van der Waals surface area contributed by atoms with Crippen LogP contribution in [0.1, 0.15) is 62.9 Å². The lowest BCUT2D eigenvalue weighted by Gasteiger charge is -2.41. The molecule has 1 saturated heterocycles. The topological polar surface area (TPSA) is 87.9 Å². The summed E-state index contributed by atoms with van der Waals surface area (Å²) in [7, 11) is 0. The number of alkyl carbamates (subject to hydrolysis) is 1. The Hall–Kier alpha value is -3.03. The highest BCUT2D eigenvalue weighted by Gasteiger charge is 2.35. The van der Waals surface area contributed by atoms with Gasteiger partial charge >= 0.3 is 6.09 Å². The minimum absolute atomic E-state index is 0.370. The predicted octanol–water partition coefficient (Wildman–Crippen LogP) is 5.48. The number of halogens is 1. The second kappa shape index (κ2) is 11.4. The third kappa shape index (κ3) is 7.29. The van der Waals surface area contributed by atoms with Crippen LogP contribution >= 0.6 is 11.6 Å². The number of ether oxygens (including phenoxy) is 1. The summed E-state index contributed by atoms with van der Waals surface area (Å²) in [6, 6.07) is 15.6. The lowest BCUT2D eigenvalue weighted by Crippen LogP contribution is -2.51. The molecule has 0 radical (unpaired) electrons. The van der Waals surface area contributed by atoms with Gasteiger partial charge in [-0.3, -0.25) is 9.69 Å². The van der Waals surface area contributed by atoms with E-state index in [0.29, 0.717) is 5.56 Å². The zero-order valence-corrected chi connectivity index (χ0v) is 23.6. The number of rotatable bonds is 6. The molecule has 0 spiro atoms. The molecule has 2 amide bonds. The lowest BCUT2D eigenvalue weighted by molar-refractivity contribution is 0.0455. The molecule has 2 aromatic carbocycles. The Balaban J connectivity index is 1.48. The van der Waals surface area contributed by atoms with Gasteiger partial charge in [0.25, 0.3) is 0 Å². The van der Waals surface area contributed by atoms with Crippen LogP contribution in [-0.2, 0) is 4.74 Å². The quantitative estimate of drug-likeness (QED) is 0.508. The van der Waals surface area contributed by atoms with Gasteiger partial charge in [-0.2, -0.15) is 0 Å². The molecule has 8 heteroatoms. The molecule has 38 heavy (non-hydrogen) atoms. The molecule has 0 aromatic heterocycles. The van der Waals surface area contributed by atoms with Crippen LogP contribution in [0.5, 0.6) is 0 Å². The largest absolute Gasteiger partial charge is 0.444 e. The van der Waals surface area contributed by atoms with Crippen LogP contribution in [0.25, 0.3) is 5.57 Å². The van der Waals surface area contributed by atoms with Crippen molar-refractivity contribution in [3.63, 3.8) is 0 Å². The molecule has 7 nitrogen and oxygen atoms in total. The van der Waals surface area contributed by atoms with E-state index in [1.165, 1.54) is 16.7 Å². The molecule has 204 valence electrons. The van der Waals surface area contributed by atoms with Crippen molar-refractivity contribution >= 4 is 34.9 Å². The van der Waals surface area contributed by atoms with Gasteiger partial charge in [0.2, 0.25) is 5.91 Å². The fourth-order valence-corrected chi connectivity index (χ4v) is 5.45. The zero-order chi connectivity index (χ0) is 27.5. The van der Waals surface area contributed by atoms with Crippen molar-refractivity contribution in [1.82, 2.24) is 10.2 Å². The van der Waals surface area contributed by atoms with Gasteiger partial charge in [-0.1, -0.05) is 29.3 Å². The van der Waals surface area contributed by atoms with Crippen LogP contribution in [0, 0.1) is 0 Å². The van der Waals surface area contributed by atoms with E-state index in [-0.39, 0.29) is 11.6 Å². The molecule has 1 unspecified atom stereocenters. The summed E-state index contributed by atoms with van der Waals surface area (Å²) in [6.45, 7) is 12.2. The number of carbonyl (C=O) groups is 2. The normalized spacial score (nSPS) is 20.8. The highest BCUT2D eigenvalue weighted by Crippen LogP contribution is 2.39. The van der Waals surface area contributed by atoms with Crippen molar-refractivity contribution in [2.24, 2.45) is 5.73 Å². The second-order valence-corrected chi connectivity index (χ2v) is 12.1. The Morgan fingerprint density at radius 1 is 1.03 bits per heavy atom. The second-order valence-electron chi connectivity index (χ2n) is 11.6. The summed E-state index contributed by atoms with van der Waals surface area (Å²) in [5.41, 5.74) is 9.97. The third-order valence-electron chi connectivity index (χ3n) is 7.26. The molecular formula is C30H39ClN4O3. The van der Waals surface area contributed by atoms with Crippen LogP contribution < -0.4 is 16.0 Å². The molecule has 2 aliphatic rings. The summed E-state index contributed by atoms with van der Waals surface area (Å²) in [4.78, 5) is 28.9. The van der Waals surface area contributed by atoms with Crippen molar-refractivity contribution in [3.8, 4) is 0 Å². The number of hydrogen-bond acceptors (Lipinski definition) is 5. The van der Waals surface area contributed by atoms with E-state index >= 15 is 0 Å². The van der Waals surface area contributed by atoms with E-state index in [4.69, 9.17) is 22.1 Å². The van der Waals surface area contributed by atoms with E-state index in [1.807, 2.05) is 45.0 Å². The predicted molar refractivity (Wildman–Crippen MR) is 154 cm³/mol. The van der Waals surface area contributed by atoms with E-state index in [9.17, 15) is 9.59 Å². The molecule has 1 heterocycles. The van der Waals surface area contributed by atoms with Gasteiger partial charge in [-0.25, -0.2) is 4.79 Å². The lowest BCUT2D eigenvalue weighted by atomic mass is 9.77. The molecule has 1 fully saturated rings. The number of carbonyl (C=O) groups excluding carboxylic acids is 2. The first kappa shape index (κ1) is 28.0. The van der Waals surface area contributed by atoms with Crippen LogP contribution in [0.3, 0.4) is 0 Å². The van der Waals surface area contributed by atoms with Crippen molar-refractivity contribution in [1.29, 1.82) is 0 Å². The Morgan fingerprint density at radius 2 is 1.66 bits per heavy atom. The first-order chi connectivity index (χ1) is 17.9. The van der Waals surface area contributed by atoms with Gasteiger partial charge in [0, 0.05) is 54.5 Å². The van der Waals surface area contributed by atoms with Crippen LogP contribution in [0.4, 0.5) is 10.5 Å². The molecule has 1 aliphatic heterocycles. The average molecular weight is 539 g/mol. The van der Waals surface area contributed by atoms with E-state index < -0.39 is 11.5 Å². The number of amides is 2. The number of allylic oxidation sites excluding steroid dienone is 1.